The van der Waals surface area contributed by atoms with E-state index in [0.29, 0.717) is 0 Å². The molecule has 0 bridgehead atoms. The zero-order valence-corrected chi connectivity index (χ0v) is 7.85. The van der Waals surface area contributed by atoms with Gasteiger partial charge in [0.2, 0.25) is 0 Å². The summed E-state index contributed by atoms with van der Waals surface area (Å²) in [5.41, 5.74) is 2.60. The van der Waals surface area contributed by atoms with E-state index in [9.17, 15) is 0 Å². The maximum absolute atomic E-state index is 3.88. The molecule has 11 heavy (non-hydrogen) atoms. The molecule has 0 aromatic heterocycles. The van der Waals surface area contributed by atoms with Gasteiger partial charge in [0.15, 0.2) is 0 Å². The first-order chi connectivity index (χ1) is 5.20. The minimum Gasteiger partial charge on any atom is -0.0998 e. The van der Waals surface area contributed by atoms with Crippen LogP contribution in [0.5, 0.6) is 0 Å². The third kappa shape index (κ3) is 5.65. The van der Waals surface area contributed by atoms with Gasteiger partial charge in [-0.1, -0.05) is 37.3 Å². The van der Waals surface area contributed by atoms with Crippen molar-refractivity contribution >= 4 is 0 Å². The zero-order chi connectivity index (χ0) is 8.69. The van der Waals surface area contributed by atoms with Gasteiger partial charge in [-0.15, -0.1) is 0 Å². The van der Waals surface area contributed by atoms with Crippen molar-refractivity contribution in [2.24, 2.45) is 0 Å². The van der Waals surface area contributed by atoms with E-state index in [0.717, 1.165) is 12.8 Å². The Labute approximate surface area is 70.3 Å². The summed E-state index contributed by atoms with van der Waals surface area (Å²) in [7, 11) is 0. The van der Waals surface area contributed by atoms with Crippen LogP contribution in [0.1, 0.15) is 33.6 Å². The van der Waals surface area contributed by atoms with E-state index in [1.165, 1.54) is 11.1 Å². The zero-order valence-electron chi connectivity index (χ0n) is 7.85. The molecule has 0 heterocycles. The van der Waals surface area contributed by atoms with E-state index in [4.69, 9.17) is 0 Å². The fourth-order valence-corrected chi connectivity index (χ4v) is 1.02. The molecule has 62 valence electrons. The molecule has 0 N–H and O–H groups in total. The minimum absolute atomic E-state index is 1.01. The summed E-state index contributed by atoms with van der Waals surface area (Å²) in [6.45, 7) is 10.1. The molecule has 0 amide bonds. The standard InChI is InChI=1S/C11H18/c1-5-7-11(8-6-2)9-10(3)4/h5,7-8H,3,6,9H2,1-2,4H3/b7-5-,11-8+. The highest BCUT2D eigenvalue weighted by atomic mass is 14.0. The summed E-state index contributed by atoms with van der Waals surface area (Å²) in [6.07, 6.45) is 8.59. The normalized spacial score (nSPS) is 12.5. The maximum atomic E-state index is 3.88. The smallest absolute Gasteiger partial charge is 0.00759 e. The first-order valence-corrected chi connectivity index (χ1v) is 4.16. The van der Waals surface area contributed by atoms with E-state index in [2.05, 4.69) is 38.7 Å². The van der Waals surface area contributed by atoms with Gasteiger partial charge in [-0.05, 0) is 32.3 Å². The summed E-state index contributed by atoms with van der Waals surface area (Å²) in [4.78, 5) is 0. The van der Waals surface area contributed by atoms with Crippen LogP contribution in [-0.2, 0) is 0 Å². The number of hydrogen-bond donors (Lipinski definition) is 0. The molecule has 0 aliphatic carbocycles. The Balaban J connectivity index is 4.11. The fourth-order valence-electron chi connectivity index (χ4n) is 1.02. The molecule has 0 saturated carbocycles. The quantitative estimate of drug-likeness (QED) is 0.421. The van der Waals surface area contributed by atoms with Crippen molar-refractivity contribution in [1.29, 1.82) is 0 Å². The van der Waals surface area contributed by atoms with E-state index in [-0.39, 0.29) is 0 Å². The van der Waals surface area contributed by atoms with Crippen LogP contribution in [0.15, 0.2) is 36.0 Å². The highest BCUT2D eigenvalue weighted by Gasteiger charge is 1.90. The topological polar surface area (TPSA) is 0 Å². The van der Waals surface area contributed by atoms with Gasteiger partial charge < -0.3 is 0 Å². The first-order valence-electron chi connectivity index (χ1n) is 4.16. The highest BCUT2D eigenvalue weighted by Crippen LogP contribution is 2.10. The summed E-state index contributed by atoms with van der Waals surface area (Å²) < 4.78 is 0. The Morgan fingerprint density at radius 3 is 2.45 bits per heavy atom. The molecule has 0 fully saturated rings. The van der Waals surface area contributed by atoms with Crippen molar-refractivity contribution in [2.45, 2.75) is 33.6 Å². The van der Waals surface area contributed by atoms with Gasteiger partial charge >= 0.3 is 0 Å². The molecular formula is C11H18. The van der Waals surface area contributed by atoms with E-state index in [1.807, 2.05) is 6.92 Å². The fraction of sp³-hybridized carbons (Fsp3) is 0.455. The molecule has 0 saturated heterocycles. The summed E-state index contributed by atoms with van der Waals surface area (Å²) in [5, 5.41) is 0. The molecule has 0 nitrogen and oxygen atoms in total. The molecule has 0 radical (unpaired) electrons. The van der Waals surface area contributed by atoms with Gasteiger partial charge in [0.25, 0.3) is 0 Å². The first kappa shape index (κ1) is 10.2. The van der Waals surface area contributed by atoms with Gasteiger partial charge in [0.1, 0.15) is 0 Å². The minimum atomic E-state index is 1.01. The van der Waals surface area contributed by atoms with Crippen molar-refractivity contribution in [3.05, 3.63) is 36.0 Å². The molecule has 0 spiro atoms. The Bertz CT molecular complexity index is 170. The van der Waals surface area contributed by atoms with Gasteiger partial charge in [-0.3, -0.25) is 0 Å². The lowest BCUT2D eigenvalue weighted by Gasteiger charge is -1.99. The molecule has 0 aliphatic heterocycles. The van der Waals surface area contributed by atoms with Crippen LogP contribution in [0, 0.1) is 0 Å². The molecule has 0 aromatic carbocycles. The van der Waals surface area contributed by atoms with Gasteiger partial charge in [0, 0.05) is 0 Å². The monoisotopic (exact) mass is 150 g/mol. The van der Waals surface area contributed by atoms with Crippen molar-refractivity contribution < 1.29 is 0 Å². The Morgan fingerprint density at radius 1 is 1.45 bits per heavy atom. The predicted molar refractivity (Wildman–Crippen MR) is 52.6 cm³/mol. The summed E-state index contributed by atoms with van der Waals surface area (Å²) in [5.74, 6) is 0. The third-order valence-corrected chi connectivity index (χ3v) is 1.35. The maximum Gasteiger partial charge on any atom is -0.00759 e. The van der Waals surface area contributed by atoms with Crippen molar-refractivity contribution in [3.63, 3.8) is 0 Å². The third-order valence-electron chi connectivity index (χ3n) is 1.35. The van der Waals surface area contributed by atoms with Crippen molar-refractivity contribution in [2.75, 3.05) is 0 Å². The molecule has 0 aliphatic rings. The average Bonchev–Trinajstić information content (AvgIpc) is 1.87. The van der Waals surface area contributed by atoms with Crippen LogP contribution in [0.3, 0.4) is 0 Å². The number of allylic oxidation sites excluding steroid dienone is 5. The van der Waals surface area contributed by atoms with Crippen LogP contribution in [-0.4, -0.2) is 0 Å². The van der Waals surface area contributed by atoms with E-state index in [1.54, 1.807) is 0 Å². The van der Waals surface area contributed by atoms with Crippen LogP contribution in [0.4, 0.5) is 0 Å². The van der Waals surface area contributed by atoms with Crippen LogP contribution < -0.4 is 0 Å². The van der Waals surface area contributed by atoms with Gasteiger partial charge in [0.05, 0.1) is 0 Å². The Hall–Kier alpha value is -0.780. The van der Waals surface area contributed by atoms with Gasteiger partial charge in [-0.2, -0.15) is 0 Å². The molecule has 0 aromatic rings. The van der Waals surface area contributed by atoms with Crippen molar-refractivity contribution in [3.8, 4) is 0 Å². The Kier molecular flexibility index (Phi) is 5.54. The van der Waals surface area contributed by atoms with Crippen LogP contribution in [0.25, 0.3) is 0 Å². The molecule has 0 heteroatoms. The lowest BCUT2D eigenvalue weighted by atomic mass is 10.1. The lowest BCUT2D eigenvalue weighted by molar-refractivity contribution is 1.11. The largest absolute Gasteiger partial charge is 0.0998 e. The lowest BCUT2D eigenvalue weighted by Crippen LogP contribution is -1.79. The molecule has 0 unspecified atom stereocenters. The SMILES string of the molecule is C=C(C)CC(/C=C\C)=C/CC. The Morgan fingerprint density at radius 2 is 2.09 bits per heavy atom. The summed E-state index contributed by atoms with van der Waals surface area (Å²) in [6, 6.07) is 0. The average molecular weight is 150 g/mol. The van der Waals surface area contributed by atoms with E-state index >= 15 is 0 Å². The predicted octanol–water partition coefficient (Wildman–Crippen LogP) is 3.87. The highest BCUT2D eigenvalue weighted by molar-refractivity contribution is 5.23. The van der Waals surface area contributed by atoms with Gasteiger partial charge in [-0.25, -0.2) is 0 Å². The second kappa shape index (κ2) is 5.96. The molecule has 0 rings (SSSR count). The molecule has 0 atom stereocenters. The second-order valence-corrected chi connectivity index (χ2v) is 2.82. The second-order valence-electron chi connectivity index (χ2n) is 2.82. The summed E-state index contributed by atoms with van der Waals surface area (Å²) >= 11 is 0. The van der Waals surface area contributed by atoms with E-state index < -0.39 is 0 Å². The van der Waals surface area contributed by atoms with Crippen LogP contribution >= 0.6 is 0 Å². The number of hydrogen-bond acceptors (Lipinski definition) is 0. The van der Waals surface area contributed by atoms with Crippen molar-refractivity contribution in [1.82, 2.24) is 0 Å². The number of rotatable bonds is 4. The van der Waals surface area contributed by atoms with Crippen LogP contribution in [0.2, 0.25) is 0 Å². The molecular weight excluding hydrogens is 132 g/mol.